The molecule has 1 aromatic carbocycles. The molecule has 0 spiro atoms. The maximum absolute atomic E-state index is 12.0. The van der Waals surface area contributed by atoms with E-state index in [-0.39, 0.29) is 18.3 Å². The molecule has 0 unspecified atom stereocenters. The summed E-state index contributed by atoms with van der Waals surface area (Å²) in [5.74, 6) is -0.208. The Balaban J connectivity index is 2.57. The molecule has 0 heterocycles. The Morgan fingerprint density at radius 3 is 2.67 bits per heavy atom. The van der Waals surface area contributed by atoms with Crippen molar-refractivity contribution in [3.05, 3.63) is 28.2 Å². The minimum Gasteiger partial charge on any atom is -0.507 e. The number of carbonyl (C=O) groups excluding carboxylic acids is 1. The van der Waals surface area contributed by atoms with Gasteiger partial charge in [-0.05, 0) is 37.5 Å². The van der Waals surface area contributed by atoms with Crippen LogP contribution in [0, 0.1) is 0 Å². The number of carbonyl (C=O) groups is 1. The number of rotatable bonds is 6. The van der Waals surface area contributed by atoms with Gasteiger partial charge in [-0.25, -0.2) is 0 Å². The highest BCUT2D eigenvalue weighted by Gasteiger charge is 2.15. The molecule has 4 nitrogen and oxygen atoms in total. The van der Waals surface area contributed by atoms with Gasteiger partial charge in [0, 0.05) is 24.7 Å². The number of phenolic OH excluding ortho intramolecular Hbond substituents is 1. The van der Waals surface area contributed by atoms with Crippen LogP contribution in [0.1, 0.15) is 29.6 Å². The van der Waals surface area contributed by atoms with Crippen molar-refractivity contribution in [2.24, 2.45) is 0 Å². The minimum absolute atomic E-state index is 0.0171. The molecule has 5 heteroatoms. The van der Waals surface area contributed by atoms with Gasteiger partial charge in [-0.15, -0.1) is 0 Å². The Morgan fingerprint density at radius 1 is 1.33 bits per heavy atom. The maximum atomic E-state index is 12.0. The molecule has 0 saturated carbocycles. The fourth-order valence-corrected chi connectivity index (χ4v) is 1.98. The van der Waals surface area contributed by atoms with Gasteiger partial charge in [-0.3, -0.25) is 4.79 Å². The summed E-state index contributed by atoms with van der Waals surface area (Å²) in [4.78, 5) is 13.6. The molecule has 0 radical (unpaired) electrons. The lowest BCUT2D eigenvalue weighted by atomic mass is 10.1. The quantitative estimate of drug-likeness (QED) is 0.792. The van der Waals surface area contributed by atoms with E-state index in [2.05, 4.69) is 15.9 Å². The monoisotopic (exact) mass is 315 g/mol. The van der Waals surface area contributed by atoms with Crippen molar-refractivity contribution in [2.75, 3.05) is 20.2 Å². The Labute approximate surface area is 115 Å². The van der Waals surface area contributed by atoms with Gasteiger partial charge >= 0.3 is 0 Å². The van der Waals surface area contributed by atoms with E-state index in [0.717, 1.165) is 23.7 Å². The van der Waals surface area contributed by atoms with Crippen LogP contribution in [-0.4, -0.2) is 41.2 Å². The Bertz CT molecular complexity index is 409. The number of hydrogen-bond donors (Lipinski definition) is 2. The summed E-state index contributed by atoms with van der Waals surface area (Å²) in [6, 6.07) is 4.84. The zero-order valence-electron chi connectivity index (χ0n) is 10.4. The van der Waals surface area contributed by atoms with Gasteiger partial charge in [-0.2, -0.15) is 0 Å². The molecule has 0 atom stereocenters. The van der Waals surface area contributed by atoms with E-state index in [0.29, 0.717) is 12.1 Å². The van der Waals surface area contributed by atoms with Crippen LogP contribution in [0.25, 0.3) is 0 Å². The van der Waals surface area contributed by atoms with Crippen LogP contribution in [0.15, 0.2) is 22.7 Å². The number of benzene rings is 1. The largest absolute Gasteiger partial charge is 0.507 e. The smallest absolute Gasteiger partial charge is 0.257 e. The summed E-state index contributed by atoms with van der Waals surface area (Å²) in [5, 5.41) is 18.4. The van der Waals surface area contributed by atoms with E-state index in [1.807, 2.05) is 0 Å². The van der Waals surface area contributed by atoms with E-state index in [1.54, 1.807) is 24.1 Å². The Morgan fingerprint density at radius 2 is 2.06 bits per heavy atom. The lowest BCUT2D eigenvalue weighted by Gasteiger charge is -2.17. The average Bonchev–Trinajstić information content (AvgIpc) is 2.33. The number of amides is 1. The summed E-state index contributed by atoms with van der Waals surface area (Å²) >= 11 is 3.23. The second-order valence-electron chi connectivity index (χ2n) is 4.17. The van der Waals surface area contributed by atoms with E-state index < -0.39 is 0 Å². The van der Waals surface area contributed by atoms with Crippen LogP contribution in [0.4, 0.5) is 0 Å². The van der Waals surface area contributed by atoms with Crippen LogP contribution in [0.5, 0.6) is 5.75 Å². The molecule has 18 heavy (non-hydrogen) atoms. The number of halogens is 1. The number of aliphatic hydroxyl groups excluding tert-OH is 1. The molecular weight excluding hydrogens is 298 g/mol. The highest BCUT2D eigenvalue weighted by Crippen LogP contribution is 2.23. The summed E-state index contributed by atoms with van der Waals surface area (Å²) < 4.78 is 0.738. The predicted octanol–water partition coefficient (Wildman–Crippen LogP) is 2.39. The van der Waals surface area contributed by atoms with Gasteiger partial charge in [0.1, 0.15) is 5.75 Å². The molecule has 100 valence electrons. The maximum Gasteiger partial charge on any atom is 0.257 e. The van der Waals surface area contributed by atoms with Crippen LogP contribution in [0.3, 0.4) is 0 Å². The van der Waals surface area contributed by atoms with Crippen molar-refractivity contribution in [3.8, 4) is 5.75 Å². The van der Waals surface area contributed by atoms with Crippen molar-refractivity contribution in [2.45, 2.75) is 19.3 Å². The summed E-state index contributed by atoms with van der Waals surface area (Å²) in [6.07, 6.45) is 2.49. The number of phenols is 1. The third-order valence-electron chi connectivity index (χ3n) is 2.69. The molecule has 1 amide bonds. The first kappa shape index (κ1) is 15.0. The van der Waals surface area contributed by atoms with Crippen LogP contribution in [-0.2, 0) is 0 Å². The van der Waals surface area contributed by atoms with Crippen molar-refractivity contribution in [3.63, 3.8) is 0 Å². The number of nitrogens with zero attached hydrogens (tertiary/aromatic N) is 1. The summed E-state index contributed by atoms with van der Waals surface area (Å²) in [6.45, 7) is 0.805. The van der Waals surface area contributed by atoms with Crippen LogP contribution >= 0.6 is 15.9 Å². The van der Waals surface area contributed by atoms with Crippen molar-refractivity contribution >= 4 is 21.8 Å². The molecule has 0 aliphatic heterocycles. The molecule has 1 rings (SSSR count). The molecule has 0 bridgehead atoms. The molecule has 0 aliphatic carbocycles. The lowest BCUT2D eigenvalue weighted by Crippen LogP contribution is -2.27. The second kappa shape index (κ2) is 7.38. The number of unbranched alkanes of at least 4 members (excludes halogenated alkanes) is 2. The minimum atomic E-state index is -0.191. The lowest BCUT2D eigenvalue weighted by molar-refractivity contribution is 0.0789. The molecule has 0 aromatic heterocycles. The number of aromatic hydroxyl groups is 1. The highest BCUT2D eigenvalue weighted by atomic mass is 79.9. The first-order valence-electron chi connectivity index (χ1n) is 5.91. The van der Waals surface area contributed by atoms with E-state index >= 15 is 0 Å². The fraction of sp³-hybridized carbons (Fsp3) is 0.462. The van der Waals surface area contributed by atoms with E-state index in [4.69, 9.17) is 5.11 Å². The summed E-state index contributed by atoms with van der Waals surface area (Å²) in [7, 11) is 1.71. The van der Waals surface area contributed by atoms with Crippen LogP contribution < -0.4 is 0 Å². The molecule has 1 aromatic rings. The van der Waals surface area contributed by atoms with Gasteiger partial charge in [-0.1, -0.05) is 15.9 Å². The number of hydrogen-bond acceptors (Lipinski definition) is 3. The SMILES string of the molecule is CN(CCCCCO)C(=O)c1ccc(Br)cc1O. The van der Waals surface area contributed by atoms with E-state index in [9.17, 15) is 9.90 Å². The third-order valence-corrected chi connectivity index (χ3v) is 3.18. The van der Waals surface area contributed by atoms with Gasteiger partial charge in [0.2, 0.25) is 0 Å². The summed E-state index contributed by atoms with van der Waals surface area (Å²) in [5.41, 5.74) is 0.308. The van der Waals surface area contributed by atoms with Gasteiger partial charge in [0.15, 0.2) is 0 Å². The fourth-order valence-electron chi connectivity index (χ4n) is 1.63. The molecule has 0 aliphatic rings. The molecule has 2 N–H and O–H groups in total. The standard InChI is InChI=1S/C13H18BrNO3/c1-15(7-3-2-4-8-16)13(18)11-6-5-10(14)9-12(11)17/h5-6,9,16-17H,2-4,7-8H2,1H3. The van der Waals surface area contributed by atoms with Gasteiger partial charge < -0.3 is 15.1 Å². The van der Waals surface area contributed by atoms with E-state index in [1.165, 1.54) is 6.07 Å². The topological polar surface area (TPSA) is 60.8 Å². The van der Waals surface area contributed by atoms with Crippen molar-refractivity contribution in [1.29, 1.82) is 0 Å². The Hall–Kier alpha value is -1.07. The molecule has 0 fully saturated rings. The first-order chi connectivity index (χ1) is 8.56. The molecule has 0 saturated heterocycles. The normalized spacial score (nSPS) is 10.4. The second-order valence-corrected chi connectivity index (χ2v) is 5.09. The predicted molar refractivity (Wildman–Crippen MR) is 73.7 cm³/mol. The van der Waals surface area contributed by atoms with Crippen molar-refractivity contribution < 1.29 is 15.0 Å². The molecular formula is C13H18BrNO3. The highest BCUT2D eigenvalue weighted by molar-refractivity contribution is 9.10. The zero-order valence-corrected chi connectivity index (χ0v) is 12.0. The number of aliphatic hydroxyl groups is 1. The average molecular weight is 316 g/mol. The van der Waals surface area contributed by atoms with Crippen LogP contribution in [0.2, 0.25) is 0 Å². The van der Waals surface area contributed by atoms with Gasteiger partial charge in [0.05, 0.1) is 5.56 Å². The first-order valence-corrected chi connectivity index (χ1v) is 6.70. The third kappa shape index (κ3) is 4.31. The van der Waals surface area contributed by atoms with Gasteiger partial charge in [0.25, 0.3) is 5.91 Å². The Kier molecular flexibility index (Phi) is 6.15. The zero-order chi connectivity index (χ0) is 13.5. The van der Waals surface area contributed by atoms with Crippen molar-refractivity contribution in [1.82, 2.24) is 4.90 Å².